The van der Waals surface area contributed by atoms with Gasteiger partial charge in [-0.05, 0) is 37.5 Å². The number of hydrogen-bond donors (Lipinski definition) is 1. The highest BCUT2D eigenvalue weighted by molar-refractivity contribution is 7.15. The van der Waals surface area contributed by atoms with Crippen LogP contribution in [0.4, 0.5) is 0 Å². The van der Waals surface area contributed by atoms with Crippen molar-refractivity contribution < 1.29 is 4.79 Å². The van der Waals surface area contributed by atoms with Gasteiger partial charge in [-0.2, -0.15) is 0 Å². The quantitative estimate of drug-likeness (QED) is 0.898. The average Bonchev–Trinajstić information content (AvgIpc) is 2.75. The number of aromatic nitrogens is 2. The van der Waals surface area contributed by atoms with Gasteiger partial charge in [0.1, 0.15) is 5.01 Å². The highest BCUT2D eigenvalue weighted by Gasteiger charge is 2.24. The largest absolute Gasteiger partial charge is 0.359 e. The summed E-state index contributed by atoms with van der Waals surface area (Å²) < 4.78 is 0.486. The highest BCUT2D eigenvalue weighted by atomic mass is 35.5. The van der Waals surface area contributed by atoms with E-state index in [2.05, 4.69) is 20.4 Å². The van der Waals surface area contributed by atoms with Crippen LogP contribution in [0.5, 0.6) is 0 Å². The third-order valence-electron chi connectivity index (χ3n) is 3.01. The lowest BCUT2D eigenvalue weighted by atomic mass is 9.96. The first-order valence-corrected chi connectivity index (χ1v) is 6.80. The van der Waals surface area contributed by atoms with E-state index in [1.165, 1.54) is 11.3 Å². The number of nitrogens with zero attached hydrogens (tertiary/aromatic N) is 3. The van der Waals surface area contributed by atoms with E-state index in [4.69, 9.17) is 11.6 Å². The van der Waals surface area contributed by atoms with E-state index in [0.29, 0.717) is 4.47 Å². The van der Waals surface area contributed by atoms with Crippen LogP contribution in [0.25, 0.3) is 0 Å². The molecule has 1 fully saturated rings. The number of amides is 1. The number of piperidine rings is 1. The molecule has 17 heavy (non-hydrogen) atoms. The van der Waals surface area contributed by atoms with E-state index in [1.807, 2.05) is 0 Å². The second kappa shape index (κ2) is 5.75. The zero-order valence-corrected chi connectivity index (χ0v) is 11.2. The summed E-state index contributed by atoms with van der Waals surface area (Å²) in [5.74, 6) is 0.317. The van der Waals surface area contributed by atoms with Gasteiger partial charge < -0.3 is 5.32 Å². The van der Waals surface area contributed by atoms with E-state index < -0.39 is 0 Å². The molecule has 1 aromatic heterocycles. The zero-order chi connectivity index (χ0) is 12.3. The monoisotopic (exact) mass is 274 g/mol. The molecule has 0 spiro atoms. The van der Waals surface area contributed by atoms with E-state index >= 15 is 0 Å². The van der Waals surface area contributed by atoms with E-state index in [-0.39, 0.29) is 11.8 Å². The summed E-state index contributed by atoms with van der Waals surface area (Å²) in [6.45, 7) is 2.63. The van der Waals surface area contributed by atoms with Crippen molar-refractivity contribution in [2.45, 2.75) is 19.4 Å². The lowest BCUT2D eigenvalue weighted by Crippen LogP contribution is -2.39. The number of carbonyl (C=O) groups is 1. The molecule has 94 valence electrons. The first-order valence-electron chi connectivity index (χ1n) is 5.61. The summed E-state index contributed by atoms with van der Waals surface area (Å²) in [5, 5.41) is 11.4. The predicted octanol–water partition coefficient (Wildman–Crippen LogP) is 1.15. The number of hydrogen-bond acceptors (Lipinski definition) is 5. The van der Waals surface area contributed by atoms with Gasteiger partial charge >= 0.3 is 0 Å². The van der Waals surface area contributed by atoms with Crippen molar-refractivity contribution >= 4 is 28.8 Å². The van der Waals surface area contributed by atoms with Crippen molar-refractivity contribution in [3.05, 3.63) is 9.47 Å². The Morgan fingerprint density at radius 3 is 2.76 bits per heavy atom. The fourth-order valence-corrected chi connectivity index (χ4v) is 2.96. The van der Waals surface area contributed by atoms with Crippen molar-refractivity contribution in [3.8, 4) is 0 Å². The Kier molecular flexibility index (Phi) is 4.31. The van der Waals surface area contributed by atoms with Gasteiger partial charge in [0, 0.05) is 13.0 Å². The summed E-state index contributed by atoms with van der Waals surface area (Å²) >= 11 is 7.15. The third-order valence-corrected chi connectivity index (χ3v) is 4.01. The number of carbonyl (C=O) groups excluding carboxylic acids is 1. The Balaban J connectivity index is 1.81. The minimum Gasteiger partial charge on any atom is -0.359 e. The van der Waals surface area contributed by atoms with Crippen LogP contribution in [0.15, 0.2) is 0 Å². The van der Waals surface area contributed by atoms with Crippen molar-refractivity contribution in [3.63, 3.8) is 0 Å². The summed E-state index contributed by atoms with van der Waals surface area (Å²) in [6.07, 6.45) is 1.82. The first-order chi connectivity index (χ1) is 8.19. The average molecular weight is 275 g/mol. The molecule has 0 atom stereocenters. The number of likely N-dealkylation sites (tertiary alicyclic amines) is 1. The summed E-state index contributed by atoms with van der Waals surface area (Å²) in [6, 6.07) is 0. The lowest BCUT2D eigenvalue weighted by molar-refractivity contribution is -0.125. The van der Waals surface area contributed by atoms with E-state index in [1.54, 1.807) is 7.05 Å². The fraction of sp³-hybridized carbons (Fsp3) is 0.700. The maximum Gasteiger partial charge on any atom is 0.222 e. The Labute approximate surface area is 109 Å². The molecule has 0 unspecified atom stereocenters. The molecule has 1 amide bonds. The lowest BCUT2D eigenvalue weighted by Gasteiger charge is -2.30. The molecule has 0 saturated carbocycles. The summed E-state index contributed by atoms with van der Waals surface area (Å²) in [4.78, 5) is 13.8. The molecule has 1 N–H and O–H groups in total. The van der Waals surface area contributed by atoms with Crippen molar-refractivity contribution in [2.24, 2.45) is 5.92 Å². The maximum atomic E-state index is 11.5. The molecule has 1 aliphatic heterocycles. The van der Waals surface area contributed by atoms with Crippen molar-refractivity contribution in [1.82, 2.24) is 20.4 Å². The molecule has 7 heteroatoms. The van der Waals surface area contributed by atoms with Gasteiger partial charge in [0.25, 0.3) is 0 Å². The van der Waals surface area contributed by atoms with Gasteiger partial charge in [0.15, 0.2) is 0 Å². The molecule has 1 saturated heterocycles. The van der Waals surface area contributed by atoms with Gasteiger partial charge in [-0.25, -0.2) is 0 Å². The number of nitrogens with one attached hydrogen (secondary N) is 1. The van der Waals surface area contributed by atoms with Crippen LogP contribution in [0.1, 0.15) is 17.8 Å². The van der Waals surface area contributed by atoms with Gasteiger partial charge in [0.2, 0.25) is 10.4 Å². The van der Waals surface area contributed by atoms with Gasteiger partial charge in [-0.3, -0.25) is 9.69 Å². The van der Waals surface area contributed by atoms with Crippen LogP contribution in [-0.4, -0.2) is 41.1 Å². The standard InChI is InChI=1S/C10H15ClN4OS/c1-12-9(16)7-2-4-15(5-3-7)6-8-13-14-10(11)17-8/h7H,2-6H2,1H3,(H,12,16). The Bertz CT molecular complexity index is 389. The SMILES string of the molecule is CNC(=O)C1CCN(Cc2nnc(Cl)s2)CC1. The van der Waals surface area contributed by atoms with Crippen molar-refractivity contribution in [1.29, 1.82) is 0 Å². The minimum atomic E-state index is 0.156. The normalized spacial score (nSPS) is 18.2. The fourth-order valence-electron chi connectivity index (χ4n) is 2.05. The molecule has 1 aromatic rings. The molecule has 0 aromatic carbocycles. The second-order valence-corrected chi connectivity index (χ2v) is 5.76. The second-order valence-electron chi connectivity index (χ2n) is 4.11. The van der Waals surface area contributed by atoms with E-state index in [9.17, 15) is 4.79 Å². The third kappa shape index (κ3) is 3.37. The van der Waals surface area contributed by atoms with Crippen LogP contribution in [0.3, 0.4) is 0 Å². The van der Waals surface area contributed by atoms with Crippen LogP contribution < -0.4 is 5.32 Å². The summed E-state index contributed by atoms with van der Waals surface area (Å²) in [5.41, 5.74) is 0. The number of halogens is 1. The van der Waals surface area contributed by atoms with Gasteiger partial charge in [-0.15, -0.1) is 10.2 Å². The minimum absolute atomic E-state index is 0.156. The maximum absolute atomic E-state index is 11.5. The molecule has 2 rings (SSSR count). The number of rotatable bonds is 3. The summed E-state index contributed by atoms with van der Waals surface area (Å²) in [7, 11) is 1.69. The molecule has 1 aliphatic rings. The molecular weight excluding hydrogens is 260 g/mol. The molecule has 0 radical (unpaired) electrons. The van der Waals surface area contributed by atoms with E-state index in [0.717, 1.165) is 37.5 Å². The molecule has 2 heterocycles. The predicted molar refractivity (Wildman–Crippen MR) is 67.0 cm³/mol. The molecule has 0 aliphatic carbocycles. The van der Waals surface area contributed by atoms with Crippen LogP contribution in [0, 0.1) is 5.92 Å². The zero-order valence-electron chi connectivity index (χ0n) is 9.65. The van der Waals surface area contributed by atoms with Crippen LogP contribution >= 0.6 is 22.9 Å². The molecule has 0 bridgehead atoms. The van der Waals surface area contributed by atoms with Gasteiger partial charge in [0.05, 0.1) is 6.54 Å². The Hall–Kier alpha value is -0.720. The van der Waals surface area contributed by atoms with Crippen LogP contribution in [-0.2, 0) is 11.3 Å². The molecule has 5 nitrogen and oxygen atoms in total. The Morgan fingerprint density at radius 1 is 1.53 bits per heavy atom. The smallest absolute Gasteiger partial charge is 0.222 e. The molecular formula is C10H15ClN4OS. The van der Waals surface area contributed by atoms with Crippen LogP contribution in [0.2, 0.25) is 4.47 Å². The first kappa shape index (κ1) is 12.7. The Morgan fingerprint density at radius 2 is 2.24 bits per heavy atom. The highest BCUT2D eigenvalue weighted by Crippen LogP contribution is 2.21. The topological polar surface area (TPSA) is 58.1 Å². The van der Waals surface area contributed by atoms with Crippen molar-refractivity contribution in [2.75, 3.05) is 20.1 Å². The van der Waals surface area contributed by atoms with Gasteiger partial charge in [-0.1, -0.05) is 11.3 Å².